The van der Waals surface area contributed by atoms with E-state index >= 15 is 0 Å². The Morgan fingerprint density at radius 3 is 2.25 bits per heavy atom. The molecule has 0 saturated carbocycles. The van der Waals surface area contributed by atoms with Crippen molar-refractivity contribution >= 4 is 35.0 Å². The summed E-state index contributed by atoms with van der Waals surface area (Å²) in [6, 6.07) is 14.3. The predicted molar refractivity (Wildman–Crippen MR) is 115 cm³/mol. The highest BCUT2D eigenvalue weighted by Gasteiger charge is 2.29. The molecule has 0 aromatic heterocycles. The van der Waals surface area contributed by atoms with E-state index in [2.05, 4.69) is 5.32 Å². The van der Waals surface area contributed by atoms with Gasteiger partial charge in [-0.25, -0.2) is 0 Å². The van der Waals surface area contributed by atoms with E-state index in [0.29, 0.717) is 23.0 Å². The first-order valence-electron chi connectivity index (χ1n) is 9.39. The zero-order valence-electron chi connectivity index (χ0n) is 16.4. The van der Waals surface area contributed by atoms with Gasteiger partial charge in [0, 0.05) is 12.6 Å². The van der Waals surface area contributed by atoms with E-state index < -0.39 is 6.04 Å². The van der Waals surface area contributed by atoms with Crippen LogP contribution in [0.1, 0.15) is 38.3 Å². The van der Waals surface area contributed by atoms with Crippen LogP contribution in [0.4, 0.5) is 0 Å². The topological polar surface area (TPSA) is 49.4 Å². The van der Waals surface area contributed by atoms with Crippen LogP contribution in [0, 0.1) is 0 Å². The van der Waals surface area contributed by atoms with Crippen LogP contribution in [0.2, 0.25) is 10.0 Å². The Morgan fingerprint density at radius 2 is 1.68 bits per heavy atom. The summed E-state index contributed by atoms with van der Waals surface area (Å²) in [6.45, 7) is 6.09. The van der Waals surface area contributed by atoms with Gasteiger partial charge in [-0.15, -0.1) is 0 Å². The zero-order valence-corrected chi connectivity index (χ0v) is 17.9. The molecule has 0 aliphatic rings. The highest BCUT2D eigenvalue weighted by Crippen LogP contribution is 2.23. The second-order valence-corrected chi connectivity index (χ2v) is 7.83. The Hall–Kier alpha value is -2.04. The van der Waals surface area contributed by atoms with E-state index in [1.54, 1.807) is 23.1 Å². The molecule has 0 spiro atoms. The summed E-state index contributed by atoms with van der Waals surface area (Å²) in [5, 5.41) is 3.78. The molecule has 0 saturated heterocycles. The lowest BCUT2D eigenvalue weighted by Crippen LogP contribution is -2.50. The van der Waals surface area contributed by atoms with Gasteiger partial charge < -0.3 is 10.2 Å². The lowest BCUT2D eigenvalue weighted by Gasteiger charge is -2.31. The predicted octanol–water partition coefficient (Wildman–Crippen LogP) is 4.87. The van der Waals surface area contributed by atoms with Gasteiger partial charge in [-0.3, -0.25) is 9.59 Å². The van der Waals surface area contributed by atoms with Crippen LogP contribution < -0.4 is 5.32 Å². The second-order valence-electron chi connectivity index (χ2n) is 7.02. The van der Waals surface area contributed by atoms with Gasteiger partial charge in [-0.1, -0.05) is 66.5 Å². The van der Waals surface area contributed by atoms with E-state index in [4.69, 9.17) is 23.2 Å². The van der Waals surface area contributed by atoms with E-state index in [9.17, 15) is 9.59 Å². The first-order valence-corrected chi connectivity index (χ1v) is 10.1. The van der Waals surface area contributed by atoms with Crippen molar-refractivity contribution in [3.8, 4) is 0 Å². The molecule has 2 aromatic carbocycles. The minimum Gasteiger partial charge on any atom is -0.352 e. The Balaban J connectivity index is 2.28. The van der Waals surface area contributed by atoms with Crippen LogP contribution in [0.15, 0.2) is 48.5 Å². The first-order chi connectivity index (χ1) is 13.3. The molecule has 2 amide bonds. The maximum absolute atomic E-state index is 13.2. The van der Waals surface area contributed by atoms with Crippen LogP contribution in [0.25, 0.3) is 0 Å². The summed E-state index contributed by atoms with van der Waals surface area (Å²) in [6.07, 6.45) is 0.674. The smallest absolute Gasteiger partial charge is 0.243 e. The molecule has 2 rings (SSSR count). The van der Waals surface area contributed by atoms with E-state index in [-0.39, 0.29) is 24.3 Å². The second kappa shape index (κ2) is 10.5. The molecule has 0 radical (unpaired) electrons. The third kappa shape index (κ3) is 6.25. The van der Waals surface area contributed by atoms with Gasteiger partial charge in [0.05, 0.1) is 16.5 Å². The molecule has 0 heterocycles. The van der Waals surface area contributed by atoms with Gasteiger partial charge in [-0.2, -0.15) is 0 Å². The zero-order chi connectivity index (χ0) is 20.7. The number of halogens is 2. The van der Waals surface area contributed by atoms with Crippen LogP contribution in [0.3, 0.4) is 0 Å². The van der Waals surface area contributed by atoms with Gasteiger partial charge in [0.2, 0.25) is 11.8 Å². The third-order valence-electron chi connectivity index (χ3n) is 4.35. The molecule has 0 bridgehead atoms. The van der Waals surface area contributed by atoms with Gasteiger partial charge in [0.25, 0.3) is 0 Å². The number of benzene rings is 2. The van der Waals surface area contributed by atoms with Crippen molar-refractivity contribution in [2.75, 3.05) is 0 Å². The first kappa shape index (κ1) is 22.3. The third-order valence-corrected chi connectivity index (χ3v) is 5.09. The average molecular weight is 421 g/mol. The number of carbonyl (C=O) groups excluding carboxylic acids is 2. The van der Waals surface area contributed by atoms with Crippen LogP contribution >= 0.6 is 23.2 Å². The summed E-state index contributed by atoms with van der Waals surface area (Å²) in [5.41, 5.74) is 1.73. The maximum atomic E-state index is 13.2. The van der Waals surface area contributed by atoms with Crippen molar-refractivity contribution in [1.82, 2.24) is 10.2 Å². The van der Waals surface area contributed by atoms with Gasteiger partial charge in [-0.05, 0) is 43.5 Å². The van der Waals surface area contributed by atoms with Crippen molar-refractivity contribution in [3.63, 3.8) is 0 Å². The molecular formula is C22H26Cl2N2O2. The lowest BCUT2D eigenvalue weighted by molar-refractivity contribution is -0.141. The summed E-state index contributed by atoms with van der Waals surface area (Å²) >= 11 is 12.1. The summed E-state index contributed by atoms with van der Waals surface area (Å²) in [7, 11) is 0. The van der Waals surface area contributed by atoms with E-state index in [0.717, 1.165) is 11.1 Å². The lowest BCUT2D eigenvalue weighted by atomic mass is 10.1. The fourth-order valence-electron chi connectivity index (χ4n) is 3.01. The summed E-state index contributed by atoms with van der Waals surface area (Å²) < 4.78 is 0. The highest BCUT2D eigenvalue weighted by molar-refractivity contribution is 6.42. The number of amides is 2. The molecular weight excluding hydrogens is 395 g/mol. The molecule has 6 heteroatoms. The Labute approximate surface area is 176 Å². The molecule has 2 aromatic rings. The fraction of sp³-hybridized carbons (Fsp3) is 0.364. The highest BCUT2D eigenvalue weighted by atomic mass is 35.5. The SMILES string of the molecule is CC[C@H](C(=O)NC(C)C)N(Cc1ccccc1)C(=O)Cc1ccc(Cl)c(Cl)c1. The minimum atomic E-state index is -0.544. The van der Waals surface area contributed by atoms with E-state index in [1.165, 1.54) is 0 Å². The van der Waals surface area contributed by atoms with Gasteiger partial charge in [0.15, 0.2) is 0 Å². The standard InChI is InChI=1S/C22H26Cl2N2O2/c1-4-20(22(28)25-15(2)3)26(14-16-8-6-5-7-9-16)21(27)13-17-10-11-18(23)19(24)12-17/h5-12,15,20H,4,13-14H2,1-3H3,(H,25,28)/t20-/m1/s1. The van der Waals surface area contributed by atoms with Crippen LogP contribution in [0.5, 0.6) is 0 Å². The molecule has 0 unspecified atom stereocenters. The number of hydrogen-bond donors (Lipinski definition) is 1. The van der Waals surface area contributed by atoms with E-state index in [1.807, 2.05) is 51.1 Å². The molecule has 0 aliphatic carbocycles. The molecule has 1 N–H and O–H groups in total. The van der Waals surface area contributed by atoms with Crippen molar-refractivity contribution in [2.24, 2.45) is 0 Å². The largest absolute Gasteiger partial charge is 0.352 e. The van der Waals surface area contributed by atoms with Crippen molar-refractivity contribution in [3.05, 3.63) is 69.7 Å². The number of carbonyl (C=O) groups is 2. The van der Waals surface area contributed by atoms with Crippen LogP contribution in [-0.2, 0) is 22.6 Å². The Morgan fingerprint density at radius 1 is 1.00 bits per heavy atom. The van der Waals surface area contributed by atoms with Gasteiger partial charge >= 0.3 is 0 Å². The molecule has 1 atom stereocenters. The van der Waals surface area contributed by atoms with Crippen LogP contribution in [-0.4, -0.2) is 28.8 Å². The molecule has 0 aliphatic heterocycles. The number of hydrogen-bond acceptors (Lipinski definition) is 2. The van der Waals surface area contributed by atoms with Gasteiger partial charge in [0.1, 0.15) is 6.04 Å². The Kier molecular flexibility index (Phi) is 8.34. The number of rotatable bonds is 8. The van der Waals surface area contributed by atoms with Crippen molar-refractivity contribution < 1.29 is 9.59 Å². The fourth-order valence-corrected chi connectivity index (χ4v) is 3.33. The minimum absolute atomic E-state index is 0.00491. The number of nitrogens with one attached hydrogen (secondary N) is 1. The molecule has 150 valence electrons. The average Bonchev–Trinajstić information content (AvgIpc) is 2.64. The van der Waals surface area contributed by atoms with Crippen molar-refractivity contribution in [2.45, 2.75) is 52.2 Å². The monoisotopic (exact) mass is 420 g/mol. The quantitative estimate of drug-likeness (QED) is 0.661. The number of nitrogens with zero attached hydrogens (tertiary/aromatic N) is 1. The maximum Gasteiger partial charge on any atom is 0.243 e. The van der Waals surface area contributed by atoms with Crippen molar-refractivity contribution in [1.29, 1.82) is 0 Å². The summed E-state index contributed by atoms with van der Waals surface area (Å²) in [4.78, 5) is 27.6. The molecule has 28 heavy (non-hydrogen) atoms. The Bertz CT molecular complexity index is 809. The molecule has 4 nitrogen and oxygen atoms in total. The summed E-state index contributed by atoms with van der Waals surface area (Å²) in [5.74, 6) is -0.274. The molecule has 0 fully saturated rings. The normalized spacial score (nSPS) is 11.9.